The van der Waals surface area contributed by atoms with Gasteiger partial charge in [0.05, 0.1) is 11.6 Å². The monoisotopic (exact) mass is 366 g/mol. The van der Waals surface area contributed by atoms with E-state index in [1.54, 1.807) is 28.8 Å². The number of benzene rings is 1. The first-order valence-electron chi connectivity index (χ1n) is 8.08. The lowest BCUT2D eigenvalue weighted by Crippen LogP contribution is -2.14. The van der Waals surface area contributed by atoms with Crippen LogP contribution in [0.5, 0.6) is 0 Å². The van der Waals surface area contributed by atoms with Crippen LogP contribution in [0.25, 0.3) is 5.78 Å². The van der Waals surface area contributed by atoms with Gasteiger partial charge in [0.15, 0.2) is 0 Å². The van der Waals surface area contributed by atoms with E-state index < -0.39 is 0 Å². The Balaban J connectivity index is 1.74. The zero-order chi connectivity index (χ0) is 18.7. The number of carbonyl (C=O) groups excluding carboxylic acids is 1. The van der Waals surface area contributed by atoms with Crippen LogP contribution < -0.4 is 5.32 Å². The highest BCUT2D eigenvalue weighted by molar-refractivity contribution is 7.98. The third-order valence-electron chi connectivity index (χ3n) is 4.09. The van der Waals surface area contributed by atoms with Crippen LogP contribution in [0.15, 0.2) is 29.4 Å². The molecule has 0 fully saturated rings. The number of hydrogen-bond acceptors (Lipinski definition) is 6. The predicted molar refractivity (Wildman–Crippen MR) is 100 cm³/mol. The van der Waals surface area contributed by atoms with Crippen molar-refractivity contribution < 1.29 is 4.79 Å². The van der Waals surface area contributed by atoms with Gasteiger partial charge in [-0.05, 0) is 50.3 Å². The fourth-order valence-electron chi connectivity index (χ4n) is 2.77. The third-order valence-corrected chi connectivity index (χ3v) is 4.63. The summed E-state index contributed by atoms with van der Waals surface area (Å²) in [6, 6.07) is 8.92. The fourth-order valence-corrected chi connectivity index (χ4v) is 3.10. The topological polar surface area (TPSA) is 96.0 Å². The van der Waals surface area contributed by atoms with Gasteiger partial charge in [0.2, 0.25) is 11.1 Å². The van der Waals surface area contributed by atoms with Crippen LogP contribution in [-0.4, -0.2) is 31.7 Å². The van der Waals surface area contributed by atoms with E-state index in [0.29, 0.717) is 35.0 Å². The SMILES string of the molecule is CSc1nc2nc(C)c(CCC(=O)Nc3cccc(C#N)c3)c(C)n2n1. The predicted octanol–water partition coefficient (Wildman–Crippen LogP) is 2.91. The average Bonchev–Trinajstić information content (AvgIpc) is 3.05. The van der Waals surface area contributed by atoms with Gasteiger partial charge >= 0.3 is 0 Å². The molecule has 2 aromatic heterocycles. The summed E-state index contributed by atoms with van der Waals surface area (Å²) in [7, 11) is 0. The highest BCUT2D eigenvalue weighted by Crippen LogP contribution is 2.18. The number of anilines is 1. The Morgan fingerprint density at radius 3 is 2.88 bits per heavy atom. The van der Waals surface area contributed by atoms with E-state index in [-0.39, 0.29) is 5.91 Å². The van der Waals surface area contributed by atoms with Crippen molar-refractivity contribution in [1.82, 2.24) is 19.6 Å². The molecule has 1 amide bonds. The Labute approximate surface area is 155 Å². The Bertz CT molecular complexity index is 1020. The molecule has 132 valence electrons. The first kappa shape index (κ1) is 17.9. The summed E-state index contributed by atoms with van der Waals surface area (Å²) in [5.41, 5.74) is 3.93. The average molecular weight is 366 g/mol. The number of nitriles is 1. The molecule has 26 heavy (non-hydrogen) atoms. The number of nitrogens with one attached hydrogen (secondary N) is 1. The second-order valence-electron chi connectivity index (χ2n) is 5.81. The number of carbonyl (C=O) groups is 1. The van der Waals surface area contributed by atoms with Crippen LogP contribution in [0.2, 0.25) is 0 Å². The maximum atomic E-state index is 12.3. The number of rotatable bonds is 5. The molecular formula is C18H18N6OS. The molecule has 0 bridgehead atoms. The lowest BCUT2D eigenvalue weighted by Gasteiger charge is -2.10. The van der Waals surface area contributed by atoms with Gasteiger partial charge in [0, 0.05) is 23.5 Å². The molecule has 0 saturated carbocycles. The van der Waals surface area contributed by atoms with Gasteiger partial charge in [-0.15, -0.1) is 5.10 Å². The van der Waals surface area contributed by atoms with Crippen molar-refractivity contribution in [3.63, 3.8) is 0 Å². The first-order chi connectivity index (χ1) is 12.5. The smallest absolute Gasteiger partial charge is 0.253 e. The largest absolute Gasteiger partial charge is 0.326 e. The molecule has 0 saturated heterocycles. The number of aromatic nitrogens is 4. The summed E-state index contributed by atoms with van der Waals surface area (Å²) in [5, 5.41) is 16.9. The van der Waals surface area contributed by atoms with Crippen LogP contribution in [0, 0.1) is 25.2 Å². The Kier molecular flexibility index (Phi) is 5.19. The molecule has 1 aromatic carbocycles. The number of hydrogen-bond donors (Lipinski definition) is 1. The molecule has 8 heteroatoms. The van der Waals surface area contributed by atoms with Crippen molar-refractivity contribution in [3.8, 4) is 6.07 Å². The molecule has 2 heterocycles. The first-order valence-corrected chi connectivity index (χ1v) is 9.31. The number of fused-ring (bicyclic) bond motifs is 1. The Hall–Kier alpha value is -2.92. The lowest BCUT2D eigenvalue weighted by molar-refractivity contribution is -0.116. The fraction of sp³-hybridized carbons (Fsp3) is 0.278. The van der Waals surface area contributed by atoms with E-state index in [1.165, 1.54) is 11.8 Å². The van der Waals surface area contributed by atoms with Gasteiger partial charge in [-0.3, -0.25) is 4.79 Å². The normalized spacial score (nSPS) is 10.7. The summed E-state index contributed by atoms with van der Waals surface area (Å²) in [5.74, 6) is 0.466. The molecule has 1 N–H and O–H groups in total. The number of aryl methyl sites for hydroxylation is 2. The Morgan fingerprint density at radius 1 is 1.35 bits per heavy atom. The molecule has 0 atom stereocenters. The lowest BCUT2D eigenvalue weighted by atomic mass is 10.1. The van der Waals surface area contributed by atoms with Crippen molar-refractivity contribution in [2.75, 3.05) is 11.6 Å². The van der Waals surface area contributed by atoms with Gasteiger partial charge in [-0.2, -0.15) is 10.2 Å². The van der Waals surface area contributed by atoms with Crippen molar-refractivity contribution in [1.29, 1.82) is 5.26 Å². The maximum absolute atomic E-state index is 12.3. The Morgan fingerprint density at radius 2 is 2.15 bits per heavy atom. The van der Waals surface area contributed by atoms with Crippen molar-refractivity contribution in [2.45, 2.75) is 31.8 Å². The number of thioether (sulfide) groups is 1. The van der Waals surface area contributed by atoms with Gasteiger partial charge in [-0.1, -0.05) is 17.8 Å². The van der Waals surface area contributed by atoms with Gasteiger partial charge in [0.25, 0.3) is 5.78 Å². The molecule has 0 aliphatic rings. The minimum atomic E-state index is -0.109. The van der Waals surface area contributed by atoms with E-state index in [4.69, 9.17) is 5.26 Å². The van der Waals surface area contributed by atoms with Gasteiger partial charge in [0.1, 0.15) is 0 Å². The van der Waals surface area contributed by atoms with Crippen LogP contribution in [0.3, 0.4) is 0 Å². The van der Waals surface area contributed by atoms with E-state index in [9.17, 15) is 4.79 Å². The minimum absolute atomic E-state index is 0.109. The molecule has 0 spiro atoms. The van der Waals surface area contributed by atoms with E-state index in [2.05, 4.69) is 26.5 Å². The van der Waals surface area contributed by atoms with E-state index >= 15 is 0 Å². The van der Waals surface area contributed by atoms with Crippen LogP contribution >= 0.6 is 11.8 Å². The summed E-state index contributed by atoms with van der Waals surface area (Å²) >= 11 is 1.47. The quantitative estimate of drug-likeness (QED) is 0.698. The number of nitrogens with zero attached hydrogens (tertiary/aromatic N) is 5. The van der Waals surface area contributed by atoms with E-state index in [0.717, 1.165) is 17.0 Å². The molecule has 0 unspecified atom stereocenters. The highest BCUT2D eigenvalue weighted by Gasteiger charge is 2.14. The summed E-state index contributed by atoms with van der Waals surface area (Å²) in [4.78, 5) is 21.1. The van der Waals surface area contributed by atoms with Gasteiger partial charge < -0.3 is 5.32 Å². The zero-order valence-corrected chi connectivity index (χ0v) is 15.6. The maximum Gasteiger partial charge on any atom is 0.253 e. The summed E-state index contributed by atoms with van der Waals surface area (Å²) in [6.45, 7) is 3.88. The molecule has 0 radical (unpaired) electrons. The van der Waals surface area contributed by atoms with E-state index in [1.807, 2.05) is 20.1 Å². The second kappa shape index (κ2) is 7.54. The molecule has 7 nitrogen and oxygen atoms in total. The van der Waals surface area contributed by atoms with Crippen LogP contribution in [0.4, 0.5) is 5.69 Å². The van der Waals surface area contributed by atoms with Crippen LogP contribution in [0.1, 0.15) is 28.9 Å². The molecule has 3 rings (SSSR count). The van der Waals surface area contributed by atoms with Crippen molar-refractivity contribution >= 4 is 29.1 Å². The van der Waals surface area contributed by atoms with Crippen molar-refractivity contribution in [2.24, 2.45) is 0 Å². The number of amides is 1. The molecule has 0 aliphatic heterocycles. The molecule has 3 aromatic rings. The standard InChI is InChI=1S/C18H18N6OS/c1-11-15(12(2)24-17(20-11)22-18(23-24)26-3)7-8-16(25)21-14-6-4-5-13(9-14)10-19/h4-6,9H,7-8H2,1-3H3,(H,21,25). The zero-order valence-electron chi connectivity index (χ0n) is 14.8. The molecule has 0 aliphatic carbocycles. The summed E-state index contributed by atoms with van der Waals surface area (Å²) in [6.07, 6.45) is 2.79. The summed E-state index contributed by atoms with van der Waals surface area (Å²) < 4.78 is 1.72. The van der Waals surface area contributed by atoms with Crippen molar-refractivity contribution in [3.05, 3.63) is 46.8 Å². The van der Waals surface area contributed by atoms with Crippen LogP contribution in [-0.2, 0) is 11.2 Å². The van der Waals surface area contributed by atoms with Gasteiger partial charge in [-0.25, -0.2) is 9.50 Å². The second-order valence-corrected chi connectivity index (χ2v) is 6.59. The molecular weight excluding hydrogens is 348 g/mol. The highest BCUT2D eigenvalue weighted by atomic mass is 32.2. The third kappa shape index (κ3) is 3.68. The minimum Gasteiger partial charge on any atom is -0.326 e.